The van der Waals surface area contributed by atoms with E-state index in [4.69, 9.17) is 4.74 Å². The van der Waals surface area contributed by atoms with Crippen LogP contribution in [0.1, 0.15) is 38.8 Å². The van der Waals surface area contributed by atoms with Crippen molar-refractivity contribution in [2.45, 2.75) is 46.3 Å². The molecule has 150 valence electrons. The average molecular weight is 397 g/mol. The highest BCUT2D eigenvalue weighted by Crippen LogP contribution is 2.32. The number of aryl methyl sites for hydroxylation is 2. The van der Waals surface area contributed by atoms with Crippen LogP contribution in [0.3, 0.4) is 0 Å². The van der Waals surface area contributed by atoms with E-state index < -0.39 is 16.9 Å². The third-order valence-electron chi connectivity index (χ3n) is 3.86. The van der Waals surface area contributed by atoms with Crippen LogP contribution in [0.25, 0.3) is 0 Å². The summed E-state index contributed by atoms with van der Waals surface area (Å²) in [4.78, 5) is 36.1. The summed E-state index contributed by atoms with van der Waals surface area (Å²) < 4.78 is 10.6. The van der Waals surface area contributed by atoms with Crippen molar-refractivity contribution in [3.8, 4) is 5.75 Å². The molecule has 0 fully saturated rings. The lowest BCUT2D eigenvalue weighted by molar-refractivity contribution is -0.123. The monoisotopic (exact) mass is 396 g/mol. The van der Waals surface area contributed by atoms with Gasteiger partial charge in [0.15, 0.2) is 5.78 Å². The lowest BCUT2D eigenvalue weighted by Gasteiger charge is -2.28. The largest absolute Gasteiger partial charge is 0.453 e. The minimum atomic E-state index is -0.748. The minimum absolute atomic E-state index is 0.0528. The zero-order valence-corrected chi connectivity index (χ0v) is 17.9. The third-order valence-corrected chi connectivity index (χ3v) is 4.94. The maximum absolute atomic E-state index is 12.4. The van der Waals surface area contributed by atoms with Gasteiger partial charge in [-0.2, -0.15) is 0 Å². The van der Waals surface area contributed by atoms with Crippen LogP contribution in [0.4, 0.5) is 15.3 Å². The van der Waals surface area contributed by atoms with Crippen molar-refractivity contribution in [2.75, 3.05) is 19.5 Å². The Kier molecular flexibility index (Phi) is 7.71. The SMILES string of the molecule is COC(=O)Nc1c(C)cc(OC(=O)N(C)SC(C)(C)C(=O)C(C)C)cc1C. The van der Waals surface area contributed by atoms with Crippen molar-refractivity contribution in [3.63, 3.8) is 0 Å². The van der Waals surface area contributed by atoms with Gasteiger partial charge in [-0.05, 0) is 62.9 Å². The smallest absolute Gasteiger partial charge is 0.425 e. The van der Waals surface area contributed by atoms with Crippen LogP contribution in [0.2, 0.25) is 0 Å². The van der Waals surface area contributed by atoms with E-state index in [1.165, 1.54) is 11.4 Å². The van der Waals surface area contributed by atoms with Crippen LogP contribution in [-0.2, 0) is 9.53 Å². The lowest BCUT2D eigenvalue weighted by atomic mass is 9.98. The number of carbonyl (C=O) groups is 3. The van der Waals surface area contributed by atoms with E-state index in [-0.39, 0.29) is 11.7 Å². The minimum Gasteiger partial charge on any atom is -0.453 e. The number of ketones is 1. The van der Waals surface area contributed by atoms with Gasteiger partial charge in [0.05, 0.1) is 17.5 Å². The maximum Gasteiger partial charge on any atom is 0.425 e. The highest BCUT2D eigenvalue weighted by Gasteiger charge is 2.34. The Bertz CT molecular complexity index is 708. The fourth-order valence-electron chi connectivity index (χ4n) is 2.62. The number of rotatable bonds is 6. The van der Waals surface area contributed by atoms with E-state index in [0.29, 0.717) is 11.4 Å². The lowest BCUT2D eigenvalue weighted by Crippen LogP contribution is -2.37. The predicted molar refractivity (Wildman–Crippen MR) is 107 cm³/mol. The van der Waals surface area contributed by atoms with E-state index >= 15 is 0 Å². The molecule has 0 aliphatic heterocycles. The van der Waals surface area contributed by atoms with Crippen molar-refractivity contribution in [3.05, 3.63) is 23.3 Å². The number of nitrogens with one attached hydrogen (secondary N) is 1. The van der Waals surface area contributed by atoms with Gasteiger partial charge in [-0.3, -0.25) is 14.4 Å². The van der Waals surface area contributed by atoms with Gasteiger partial charge in [0.1, 0.15) is 5.75 Å². The summed E-state index contributed by atoms with van der Waals surface area (Å²) in [6.07, 6.45) is -1.16. The van der Waals surface area contributed by atoms with Crippen molar-refractivity contribution < 1.29 is 23.9 Å². The topological polar surface area (TPSA) is 84.9 Å². The second kappa shape index (κ2) is 9.12. The highest BCUT2D eigenvalue weighted by atomic mass is 32.2. The molecular formula is C19H28N2O5S. The van der Waals surface area contributed by atoms with Gasteiger partial charge in [0.25, 0.3) is 0 Å². The van der Waals surface area contributed by atoms with Crippen molar-refractivity contribution in [2.24, 2.45) is 5.92 Å². The molecule has 0 aliphatic carbocycles. The predicted octanol–water partition coefficient (Wildman–Crippen LogP) is 4.56. The first kappa shape index (κ1) is 22.8. The molecule has 0 aromatic heterocycles. The maximum atomic E-state index is 12.4. The summed E-state index contributed by atoms with van der Waals surface area (Å²) in [6, 6.07) is 3.30. The van der Waals surface area contributed by atoms with Gasteiger partial charge in [-0.1, -0.05) is 13.8 Å². The highest BCUT2D eigenvalue weighted by molar-refractivity contribution is 7.99. The molecular weight excluding hydrogens is 368 g/mol. The summed E-state index contributed by atoms with van der Waals surface area (Å²) in [6.45, 7) is 10.8. The van der Waals surface area contributed by atoms with Gasteiger partial charge < -0.3 is 9.47 Å². The Balaban J connectivity index is 2.87. The number of amides is 2. The zero-order chi connectivity index (χ0) is 20.9. The van der Waals surface area contributed by atoms with Gasteiger partial charge in [0, 0.05) is 13.0 Å². The molecule has 2 amide bonds. The van der Waals surface area contributed by atoms with E-state index in [9.17, 15) is 14.4 Å². The molecule has 1 rings (SSSR count). The molecule has 0 saturated heterocycles. The van der Waals surface area contributed by atoms with Crippen molar-refractivity contribution in [1.29, 1.82) is 0 Å². The molecule has 0 radical (unpaired) electrons. The molecule has 0 heterocycles. The van der Waals surface area contributed by atoms with Crippen LogP contribution in [0.5, 0.6) is 5.75 Å². The number of Topliss-reactive ketones (excluding diaryl/α,β-unsaturated/α-hetero) is 1. The van der Waals surface area contributed by atoms with Crippen LogP contribution in [0, 0.1) is 19.8 Å². The van der Waals surface area contributed by atoms with E-state index in [1.54, 1.807) is 46.9 Å². The molecule has 8 heteroatoms. The number of ether oxygens (including phenoxy) is 2. The molecule has 1 N–H and O–H groups in total. The summed E-state index contributed by atoms with van der Waals surface area (Å²) in [5.74, 6) is 0.278. The fraction of sp³-hybridized carbons (Fsp3) is 0.526. The second-order valence-electron chi connectivity index (χ2n) is 7.03. The van der Waals surface area contributed by atoms with Crippen LogP contribution < -0.4 is 10.1 Å². The van der Waals surface area contributed by atoms with E-state index in [2.05, 4.69) is 10.1 Å². The molecule has 27 heavy (non-hydrogen) atoms. The first-order valence-electron chi connectivity index (χ1n) is 8.54. The number of anilines is 1. The first-order valence-corrected chi connectivity index (χ1v) is 9.31. The van der Waals surface area contributed by atoms with Crippen LogP contribution in [0.15, 0.2) is 12.1 Å². The average Bonchev–Trinajstić information content (AvgIpc) is 2.56. The van der Waals surface area contributed by atoms with Crippen LogP contribution >= 0.6 is 11.9 Å². The third kappa shape index (κ3) is 6.16. The van der Waals surface area contributed by atoms with Crippen molar-refractivity contribution in [1.82, 2.24) is 4.31 Å². The summed E-state index contributed by atoms with van der Waals surface area (Å²) >= 11 is 1.12. The number of nitrogens with zero attached hydrogens (tertiary/aromatic N) is 1. The number of hydrogen-bond acceptors (Lipinski definition) is 6. The van der Waals surface area contributed by atoms with Gasteiger partial charge in [-0.15, -0.1) is 0 Å². The first-order chi connectivity index (χ1) is 12.4. The Morgan fingerprint density at radius 1 is 1.15 bits per heavy atom. The zero-order valence-electron chi connectivity index (χ0n) is 17.1. The van der Waals surface area contributed by atoms with Crippen molar-refractivity contribution >= 4 is 35.6 Å². The molecule has 0 atom stereocenters. The Hall–Kier alpha value is -2.22. The molecule has 0 unspecified atom stereocenters. The quantitative estimate of drug-likeness (QED) is 0.709. The van der Waals surface area contributed by atoms with Gasteiger partial charge in [0.2, 0.25) is 0 Å². The molecule has 0 saturated carbocycles. The Labute approximate surface area is 164 Å². The second-order valence-corrected chi connectivity index (χ2v) is 8.79. The molecule has 7 nitrogen and oxygen atoms in total. The Morgan fingerprint density at radius 2 is 1.67 bits per heavy atom. The number of hydrogen-bond donors (Lipinski definition) is 1. The molecule has 0 aliphatic rings. The van der Waals surface area contributed by atoms with Crippen LogP contribution in [-0.4, -0.2) is 41.2 Å². The number of carbonyl (C=O) groups excluding carboxylic acids is 3. The molecule has 1 aromatic rings. The standard InChI is InChI=1S/C19H28N2O5S/c1-11(2)16(22)19(5,6)27-21(7)18(24)26-14-9-12(3)15(13(4)10-14)20-17(23)25-8/h9-11H,1-8H3,(H,20,23). The summed E-state index contributed by atoms with van der Waals surface area (Å²) in [5, 5.41) is 2.63. The molecule has 0 spiro atoms. The van der Waals surface area contributed by atoms with Gasteiger partial charge >= 0.3 is 12.2 Å². The van der Waals surface area contributed by atoms with E-state index in [1.807, 2.05) is 13.8 Å². The number of methoxy groups -OCH3 is 1. The van der Waals surface area contributed by atoms with Gasteiger partial charge in [-0.25, -0.2) is 9.59 Å². The molecule has 1 aromatic carbocycles. The Morgan fingerprint density at radius 3 is 2.11 bits per heavy atom. The number of benzene rings is 1. The van der Waals surface area contributed by atoms with E-state index in [0.717, 1.165) is 23.1 Å². The molecule has 0 bridgehead atoms. The summed E-state index contributed by atoms with van der Waals surface area (Å²) in [5.41, 5.74) is 2.07. The summed E-state index contributed by atoms with van der Waals surface area (Å²) in [7, 11) is 2.85. The normalized spacial score (nSPS) is 11.1. The fourth-order valence-corrected chi connectivity index (χ4v) is 3.74.